The Hall–Kier alpha value is -0.810. The summed E-state index contributed by atoms with van der Waals surface area (Å²) in [6.45, 7) is 0. The van der Waals surface area contributed by atoms with Gasteiger partial charge in [0.2, 0.25) is 0 Å². The number of nitrogens with two attached hydrogens (primary N) is 1. The molecule has 0 aliphatic heterocycles. The lowest BCUT2D eigenvalue weighted by molar-refractivity contribution is -0.138. The molecular weight excluding hydrogens is 234 g/mol. The molecule has 0 heterocycles. The zero-order valence-corrected chi connectivity index (χ0v) is 8.24. The van der Waals surface area contributed by atoms with E-state index >= 15 is 0 Å². The third-order valence-corrected chi connectivity index (χ3v) is 2.15. The van der Waals surface area contributed by atoms with Crippen LogP contribution < -0.4 is 5.73 Å². The van der Waals surface area contributed by atoms with Gasteiger partial charge < -0.3 is 5.73 Å². The van der Waals surface area contributed by atoms with Crippen molar-refractivity contribution in [1.29, 1.82) is 0 Å². The number of hydrogen-bond acceptors (Lipinski definition) is 1. The maximum atomic E-state index is 12.7. The van der Waals surface area contributed by atoms with Crippen molar-refractivity contribution in [3.63, 3.8) is 0 Å². The van der Waals surface area contributed by atoms with E-state index in [1.54, 1.807) is 0 Å². The first-order valence-electron chi connectivity index (χ1n) is 4.07. The van der Waals surface area contributed by atoms with E-state index in [9.17, 15) is 17.6 Å². The minimum atomic E-state index is -4.39. The maximum absolute atomic E-state index is 12.7. The molecule has 1 aromatic rings. The van der Waals surface area contributed by atoms with Crippen molar-refractivity contribution >= 4 is 11.6 Å². The van der Waals surface area contributed by atoms with Crippen molar-refractivity contribution in [3.05, 3.63) is 34.6 Å². The van der Waals surface area contributed by atoms with Crippen LogP contribution in [-0.4, -0.2) is 6.18 Å². The minimum Gasteiger partial charge on any atom is -0.324 e. The van der Waals surface area contributed by atoms with Crippen LogP contribution in [0.15, 0.2) is 18.2 Å². The summed E-state index contributed by atoms with van der Waals surface area (Å²) in [5, 5.41) is 0.0353. The highest BCUT2D eigenvalue weighted by Gasteiger charge is 2.31. The van der Waals surface area contributed by atoms with Crippen LogP contribution in [0.25, 0.3) is 0 Å². The van der Waals surface area contributed by atoms with E-state index in [2.05, 4.69) is 0 Å². The fraction of sp³-hybridized carbons (Fsp3) is 0.333. The molecule has 0 saturated carbocycles. The van der Waals surface area contributed by atoms with E-state index in [4.69, 9.17) is 17.3 Å². The van der Waals surface area contributed by atoms with Gasteiger partial charge in [0.1, 0.15) is 5.82 Å². The molecule has 0 spiro atoms. The van der Waals surface area contributed by atoms with Gasteiger partial charge in [-0.2, -0.15) is 13.2 Å². The van der Waals surface area contributed by atoms with E-state index in [-0.39, 0.29) is 10.6 Å². The van der Waals surface area contributed by atoms with Crippen molar-refractivity contribution in [2.45, 2.75) is 18.6 Å². The number of hydrogen-bond donors (Lipinski definition) is 1. The van der Waals surface area contributed by atoms with Crippen molar-refractivity contribution in [2.24, 2.45) is 5.73 Å². The maximum Gasteiger partial charge on any atom is 0.390 e. The first kappa shape index (κ1) is 12.3. The normalized spacial score (nSPS) is 14.0. The lowest BCUT2D eigenvalue weighted by Gasteiger charge is -2.15. The molecule has 0 amide bonds. The van der Waals surface area contributed by atoms with Crippen LogP contribution in [0.4, 0.5) is 17.6 Å². The highest BCUT2D eigenvalue weighted by Crippen LogP contribution is 2.31. The minimum absolute atomic E-state index is 0.0333. The Morgan fingerprint density at radius 1 is 1.33 bits per heavy atom. The van der Waals surface area contributed by atoms with Crippen molar-refractivity contribution in [1.82, 2.24) is 0 Å². The molecule has 2 N–H and O–H groups in total. The summed E-state index contributed by atoms with van der Waals surface area (Å²) in [5.41, 5.74) is 5.25. The number of alkyl halides is 3. The predicted molar refractivity (Wildman–Crippen MR) is 49.0 cm³/mol. The molecule has 0 aliphatic rings. The summed E-state index contributed by atoms with van der Waals surface area (Å²) in [6.07, 6.45) is -5.62. The summed E-state index contributed by atoms with van der Waals surface area (Å²) in [7, 11) is 0. The molecular formula is C9H8ClF4N. The van der Waals surface area contributed by atoms with Gasteiger partial charge in [-0.25, -0.2) is 4.39 Å². The summed E-state index contributed by atoms with van der Waals surface area (Å²) in [6, 6.07) is 1.82. The number of rotatable bonds is 2. The first-order chi connectivity index (χ1) is 6.79. The van der Waals surface area contributed by atoms with E-state index < -0.39 is 24.5 Å². The summed E-state index contributed by atoms with van der Waals surface area (Å²) >= 11 is 5.61. The standard InChI is InChI=1S/C9H8ClF4N/c10-7-2-1-5(11)3-6(7)8(15)4-9(12,13)14/h1-3,8H,4,15H2. The quantitative estimate of drug-likeness (QED) is 0.789. The first-order valence-corrected chi connectivity index (χ1v) is 4.44. The Bertz CT molecular complexity index is 350. The van der Waals surface area contributed by atoms with Gasteiger partial charge >= 0.3 is 6.18 Å². The Kier molecular flexibility index (Phi) is 3.57. The third kappa shape index (κ3) is 3.68. The van der Waals surface area contributed by atoms with Crippen LogP contribution in [0, 0.1) is 5.82 Å². The fourth-order valence-electron chi connectivity index (χ4n) is 1.16. The van der Waals surface area contributed by atoms with Gasteiger partial charge in [-0.05, 0) is 23.8 Å². The number of halogens is 5. The van der Waals surface area contributed by atoms with Gasteiger partial charge in [-0.3, -0.25) is 0 Å². The lowest BCUT2D eigenvalue weighted by atomic mass is 10.0. The fourth-order valence-corrected chi connectivity index (χ4v) is 1.42. The van der Waals surface area contributed by atoms with Crippen LogP contribution in [-0.2, 0) is 0 Å². The summed E-state index contributed by atoms with van der Waals surface area (Å²) in [4.78, 5) is 0. The number of benzene rings is 1. The SMILES string of the molecule is NC(CC(F)(F)F)c1cc(F)ccc1Cl. The van der Waals surface area contributed by atoms with E-state index in [0.717, 1.165) is 12.1 Å². The molecule has 0 aromatic heterocycles. The van der Waals surface area contributed by atoms with Gasteiger partial charge in [0.15, 0.2) is 0 Å². The summed E-state index contributed by atoms with van der Waals surface area (Å²) in [5.74, 6) is -0.660. The molecule has 1 aromatic carbocycles. The van der Waals surface area contributed by atoms with Gasteiger partial charge in [-0.15, -0.1) is 0 Å². The largest absolute Gasteiger partial charge is 0.390 e. The average molecular weight is 242 g/mol. The third-order valence-electron chi connectivity index (χ3n) is 1.81. The molecule has 1 atom stereocenters. The average Bonchev–Trinajstić information content (AvgIpc) is 2.06. The van der Waals surface area contributed by atoms with Crippen LogP contribution >= 0.6 is 11.6 Å². The summed E-state index contributed by atoms with van der Waals surface area (Å²) < 4.78 is 48.8. The molecule has 1 nitrogen and oxygen atoms in total. The molecule has 0 fully saturated rings. The second-order valence-electron chi connectivity index (χ2n) is 3.09. The zero-order valence-electron chi connectivity index (χ0n) is 7.48. The molecule has 6 heteroatoms. The Morgan fingerprint density at radius 3 is 2.47 bits per heavy atom. The van der Waals surface area contributed by atoms with E-state index in [0.29, 0.717) is 0 Å². The molecule has 15 heavy (non-hydrogen) atoms. The molecule has 84 valence electrons. The second-order valence-corrected chi connectivity index (χ2v) is 3.50. The second kappa shape index (κ2) is 4.37. The van der Waals surface area contributed by atoms with Crippen LogP contribution in [0.5, 0.6) is 0 Å². The molecule has 0 aliphatic carbocycles. The van der Waals surface area contributed by atoms with Crippen molar-refractivity contribution in [3.8, 4) is 0 Å². The highest BCUT2D eigenvalue weighted by atomic mass is 35.5. The monoisotopic (exact) mass is 241 g/mol. The highest BCUT2D eigenvalue weighted by molar-refractivity contribution is 6.31. The van der Waals surface area contributed by atoms with Gasteiger partial charge in [0, 0.05) is 11.1 Å². The smallest absolute Gasteiger partial charge is 0.324 e. The van der Waals surface area contributed by atoms with Gasteiger partial charge in [0.05, 0.1) is 6.42 Å². The molecule has 0 radical (unpaired) electrons. The predicted octanol–water partition coefficient (Wildman–Crippen LogP) is 3.43. The van der Waals surface area contributed by atoms with Crippen molar-refractivity contribution < 1.29 is 17.6 Å². The lowest BCUT2D eigenvalue weighted by Crippen LogP contribution is -2.20. The Morgan fingerprint density at radius 2 is 1.93 bits per heavy atom. The molecule has 0 bridgehead atoms. The zero-order chi connectivity index (χ0) is 11.6. The van der Waals surface area contributed by atoms with Gasteiger partial charge in [-0.1, -0.05) is 11.6 Å². The Balaban J connectivity index is 2.90. The Labute approximate surface area is 88.8 Å². The molecule has 1 rings (SSSR count). The van der Waals surface area contributed by atoms with Crippen LogP contribution in [0.1, 0.15) is 18.0 Å². The van der Waals surface area contributed by atoms with E-state index in [1.807, 2.05) is 0 Å². The van der Waals surface area contributed by atoms with E-state index in [1.165, 1.54) is 6.07 Å². The van der Waals surface area contributed by atoms with Crippen molar-refractivity contribution in [2.75, 3.05) is 0 Å². The molecule has 0 saturated heterocycles. The topological polar surface area (TPSA) is 26.0 Å². The van der Waals surface area contributed by atoms with Crippen LogP contribution in [0.3, 0.4) is 0 Å². The van der Waals surface area contributed by atoms with Crippen LogP contribution in [0.2, 0.25) is 5.02 Å². The van der Waals surface area contributed by atoms with Gasteiger partial charge in [0.25, 0.3) is 0 Å². The molecule has 1 unspecified atom stereocenters.